The van der Waals surface area contributed by atoms with Gasteiger partial charge in [0.2, 0.25) is 5.91 Å². The number of rotatable bonds is 7. The van der Waals surface area contributed by atoms with Crippen LogP contribution in [-0.2, 0) is 11.2 Å². The fraction of sp³-hybridized carbons (Fsp3) is 0.217. The second-order valence-electron chi connectivity index (χ2n) is 6.62. The summed E-state index contributed by atoms with van der Waals surface area (Å²) >= 11 is 1.63. The highest BCUT2D eigenvalue weighted by molar-refractivity contribution is 7.10. The first-order chi connectivity index (χ1) is 14.1. The fourth-order valence-electron chi connectivity index (χ4n) is 3.13. The van der Waals surface area contributed by atoms with Crippen LogP contribution in [0.5, 0.6) is 0 Å². The number of benzene rings is 2. The van der Waals surface area contributed by atoms with Crippen molar-refractivity contribution in [1.29, 1.82) is 0 Å². The van der Waals surface area contributed by atoms with Gasteiger partial charge in [0.25, 0.3) is 0 Å². The van der Waals surface area contributed by atoms with Crippen LogP contribution in [0.3, 0.4) is 0 Å². The van der Waals surface area contributed by atoms with Gasteiger partial charge < -0.3 is 5.32 Å². The summed E-state index contributed by atoms with van der Waals surface area (Å²) in [5.41, 5.74) is 3.12. The molecule has 0 fully saturated rings. The predicted octanol–water partition coefficient (Wildman–Crippen LogP) is 4.19. The second kappa shape index (κ2) is 10.0. The van der Waals surface area contributed by atoms with E-state index in [1.807, 2.05) is 41.8 Å². The third-order valence-corrected chi connectivity index (χ3v) is 5.68. The number of aryl methyl sites for hydroxylation is 1. The Labute approximate surface area is 175 Å². The highest BCUT2D eigenvalue weighted by atomic mass is 32.1. The summed E-state index contributed by atoms with van der Waals surface area (Å²) in [5, 5.41) is 10.3. The summed E-state index contributed by atoms with van der Waals surface area (Å²) in [6.45, 7) is 2.12. The van der Waals surface area contributed by atoms with Gasteiger partial charge in [0.05, 0.1) is 6.04 Å². The lowest BCUT2D eigenvalue weighted by Crippen LogP contribution is -2.45. The van der Waals surface area contributed by atoms with Crippen LogP contribution in [0.25, 0.3) is 0 Å². The average Bonchev–Trinajstić information content (AvgIpc) is 3.29. The molecule has 5 nitrogen and oxygen atoms in total. The van der Waals surface area contributed by atoms with Crippen molar-refractivity contribution >= 4 is 23.3 Å². The van der Waals surface area contributed by atoms with Crippen molar-refractivity contribution in [2.24, 2.45) is 0 Å². The van der Waals surface area contributed by atoms with Crippen LogP contribution >= 0.6 is 11.3 Å². The monoisotopic (exact) mass is 407 g/mol. The lowest BCUT2D eigenvalue weighted by atomic mass is 9.99. The van der Waals surface area contributed by atoms with Gasteiger partial charge >= 0.3 is 6.03 Å². The maximum Gasteiger partial charge on any atom is 0.321 e. The Balaban J connectivity index is 1.96. The van der Waals surface area contributed by atoms with Crippen LogP contribution in [0.4, 0.5) is 4.79 Å². The first-order valence-corrected chi connectivity index (χ1v) is 10.5. The molecule has 3 amide bonds. The molecule has 3 N–H and O–H groups in total. The zero-order chi connectivity index (χ0) is 20.6. The predicted molar refractivity (Wildman–Crippen MR) is 117 cm³/mol. The Morgan fingerprint density at radius 3 is 2.24 bits per heavy atom. The van der Waals surface area contributed by atoms with E-state index in [0.29, 0.717) is 0 Å². The molecule has 0 bridgehead atoms. The summed E-state index contributed by atoms with van der Waals surface area (Å²) in [6.07, 6.45) is 0.971. The number of amides is 3. The smallest absolute Gasteiger partial charge is 0.321 e. The van der Waals surface area contributed by atoms with Gasteiger partial charge in [0.15, 0.2) is 0 Å². The molecule has 3 aromatic rings. The highest BCUT2D eigenvalue weighted by Crippen LogP contribution is 2.29. The Kier molecular flexibility index (Phi) is 7.16. The van der Waals surface area contributed by atoms with E-state index in [2.05, 4.69) is 53.2 Å². The lowest BCUT2D eigenvalue weighted by molar-refractivity contribution is -0.122. The maximum absolute atomic E-state index is 12.9. The largest absolute Gasteiger partial charge is 0.341 e. The highest BCUT2D eigenvalue weighted by Gasteiger charge is 2.27. The first kappa shape index (κ1) is 20.8. The minimum absolute atomic E-state index is 0.179. The van der Waals surface area contributed by atoms with E-state index in [0.717, 1.165) is 22.4 Å². The van der Waals surface area contributed by atoms with Crippen LogP contribution in [0.2, 0.25) is 0 Å². The number of hydrogen-bond acceptors (Lipinski definition) is 4. The Bertz CT molecular complexity index is 925. The molecule has 0 saturated heterocycles. The van der Waals surface area contributed by atoms with Crippen molar-refractivity contribution in [3.8, 4) is 0 Å². The molecule has 29 heavy (non-hydrogen) atoms. The van der Waals surface area contributed by atoms with Crippen molar-refractivity contribution in [1.82, 2.24) is 16.0 Å². The number of hydrogen-bond donors (Lipinski definition) is 3. The first-order valence-electron chi connectivity index (χ1n) is 9.58. The zero-order valence-corrected chi connectivity index (χ0v) is 17.3. The fourth-order valence-corrected chi connectivity index (χ4v) is 3.94. The maximum atomic E-state index is 12.9. The standard InChI is InChI=1S/C23H25N3O2S/c1-3-16-11-13-18(14-12-16)20(19-10-7-15-29-19)25-21(17-8-5-4-6-9-17)22(27)26-23(28)24-2/h4-15,20-21,25H,3H2,1-2H3,(H2,24,26,27,28)/t20-,21+/m1/s1. The number of carbonyl (C=O) groups excluding carboxylic acids is 2. The number of thiophene rings is 1. The number of carbonyl (C=O) groups is 2. The normalized spacial score (nSPS) is 12.8. The van der Waals surface area contributed by atoms with Gasteiger partial charge in [0, 0.05) is 11.9 Å². The summed E-state index contributed by atoms with van der Waals surface area (Å²) < 4.78 is 0. The van der Waals surface area contributed by atoms with E-state index in [1.165, 1.54) is 12.6 Å². The summed E-state index contributed by atoms with van der Waals surface area (Å²) in [4.78, 5) is 25.8. The molecule has 0 aliphatic rings. The van der Waals surface area contributed by atoms with Crippen LogP contribution in [0.1, 0.15) is 40.6 Å². The van der Waals surface area contributed by atoms with Gasteiger partial charge in [-0.1, -0.05) is 67.6 Å². The molecular weight excluding hydrogens is 382 g/mol. The molecule has 0 saturated carbocycles. The van der Waals surface area contributed by atoms with E-state index >= 15 is 0 Å². The van der Waals surface area contributed by atoms with Crippen molar-refractivity contribution < 1.29 is 9.59 Å². The third kappa shape index (κ3) is 5.31. The zero-order valence-electron chi connectivity index (χ0n) is 16.5. The van der Waals surface area contributed by atoms with E-state index in [9.17, 15) is 9.59 Å². The van der Waals surface area contributed by atoms with E-state index in [4.69, 9.17) is 0 Å². The van der Waals surface area contributed by atoms with Crippen molar-refractivity contribution in [3.63, 3.8) is 0 Å². The van der Waals surface area contributed by atoms with Crippen LogP contribution < -0.4 is 16.0 Å². The van der Waals surface area contributed by atoms with E-state index in [1.54, 1.807) is 11.3 Å². The molecule has 1 aromatic heterocycles. The number of urea groups is 1. The Morgan fingerprint density at radius 1 is 0.931 bits per heavy atom. The molecule has 2 atom stereocenters. The molecule has 3 rings (SSSR count). The van der Waals surface area contributed by atoms with E-state index in [-0.39, 0.29) is 6.04 Å². The lowest BCUT2D eigenvalue weighted by Gasteiger charge is -2.25. The Hall–Kier alpha value is -2.96. The van der Waals surface area contributed by atoms with Crippen molar-refractivity contribution in [2.75, 3.05) is 7.05 Å². The summed E-state index contributed by atoms with van der Waals surface area (Å²) in [6, 6.07) is 20.5. The van der Waals surface area contributed by atoms with Gasteiger partial charge in [-0.2, -0.15) is 0 Å². The molecule has 6 heteroatoms. The van der Waals surface area contributed by atoms with Crippen LogP contribution in [0.15, 0.2) is 72.1 Å². The van der Waals surface area contributed by atoms with E-state index < -0.39 is 18.0 Å². The molecule has 0 unspecified atom stereocenters. The second-order valence-corrected chi connectivity index (χ2v) is 7.60. The molecular formula is C23H25N3O2S. The molecule has 0 aliphatic carbocycles. The van der Waals surface area contributed by atoms with Crippen molar-refractivity contribution in [3.05, 3.63) is 93.7 Å². The third-order valence-electron chi connectivity index (χ3n) is 4.74. The molecule has 1 heterocycles. The quantitative estimate of drug-likeness (QED) is 0.550. The van der Waals surface area contributed by atoms with Crippen molar-refractivity contribution in [2.45, 2.75) is 25.4 Å². The van der Waals surface area contributed by atoms with Gasteiger partial charge in [-0.05, 0) is 34.6 Å². The molecule has 0 spiro atoms. The topological polar surface area (TPSA) is 70.2 Å². The molecule has 0 radical (unpaired) electrons. The number of imide groups is 1. The molecule has 2 aromatic carbocycles. The Morgan fingerprint density at radius 2 is 1.66 bits per heavy atom. The van der Waals surface area contributed by atoms with Gasteiger partial charge in [-0.25, -0.2) is 4.79 Å². The number of nitrogens with one attached hydrogen (secondary N) is 3. The minimum atomic E-state index is -0.688. The van der Waals surface area contributed by atoms with Gasteiger partial charge in [-0.3, -0.25) is 15.4 Å². The summed E-state index contributed by atoms with van der Waals surface area (Å²) in [5.74, 6) is -0.401. The van der Waals surface area contributed by atoms with Crippen LogP contribution in [0, 0.1) is 0 Å². The summed E-state index contributed by atoms with van der Waals surface area (Å²) in [7, 11) is 1.48. The average molecular weight is 408 g/mol. The SMILES string of the molecule is CCc1ccc([C@@H](N[C@H](C(=O)NC(=O)NC)c2ccccc2)c2cccs2)cc1. The van der Waals surface area contributed by atoms with Crippen LogP contribution in [-0.4, -0.2) is 19.0 Å². The molecule has 150 valence electrons. The van der Waals surface area contributed by atoms with Gasteiger partial charge in [0.1, 0.15) is 6.04 Å². The minimum Gasteiger partial charge on any atom is -0.341 e. The molecule has 0 aliphatic heterocycles. The van der Waals surface area contributed by atoms with Gasteiger partial charge in [-0.15, -0.1) is 11.3 Å².